The normalized spacial score (nSPS) is 19.1. The van der Waals surface area contributed by atoms with Gasteiger partial charge in [-0.2, -0.15) is 8.78 Å². The van der Waals surface area contributed by atoms with Crippen molar-refractivity contribution in [2.45, 2.75) is 32.8 Å². The van der Waals surface area contributed by atoms with Gasteiger partial charge in [-0.25, -0.2) is 4.98 Å². The molecule has 1 N–H and O–H groups in total. The molecule has 0 spiro atoms. The van der Waals surface area contributed by atoms with Crippen LogP contribution in [0.5, 0.6) is 5.75 Å². The smallest absolute Gasteiger partial charge is 0.387 e. The van der Waals surface area contributed by atoms with Crippen LogP contribution in [-0.2, 0) is 9.59 Å². The third-order valence-corrected chi connectivity index (χ3v) is 6.03. The first kappa shape index (κ1) is 19.8. The van der Waals surface area contributed by atoms with E-state index in [-0.39, 0.29) is 29.9 Å². The van der Waals surface area contributed by atoms with Crippen LogP contribution in [0.15, 0.2) is 24.3 Å². The van der Waals surface area contributed by atoms with E-state index in [0.717, 1.165) is 29.8 Å². The highest BCUT2D eigenvalue weighted by atomic mass is 32.1. The Bertz CT molecular complexity index is 912. The minimum atomic E-state index is -2.87. The number of halogens is 2. The molecule has 1 aromatic carbocycles. The zero-order chi connectivity index (χ0) is 20.5. The summed E-state index contributed by atoms with van der Waals surface area (Å²) >= 11 is 1.34. The zero-order valence-electron chi connectivity index (χ0n) is 15.9. The number of thiazole rings is 1. The van der Waals surface area contributed by atoms with E-state index in [9.17, 15) is 18.4 Å². The lowest BCUT2D eigenvalue weighted by molar-refractivity contribution is -0.128. The second kappa shape index (κ2) is 8.06. The predicted molar refractivity (Wildman–Crippen MR) is 105 cm³/mol. The number of rotatable bonds is 7. The summed E-state index contributed by atoms with van der Waals surface area (Å²) in [6, 6.07) is 6.21. The van der Waals surface area contributed by atoms with Crippen LogP contribution in [-0.4, -0.2) is 41.4 Å². The van der Waals surface area contributed by atoms with Crippen molar-refractivity contribution >= 4 is 28.3 Å². The Morgan fingerprint density at radius 3 is 2.72 bits per heavy atom. The van der Waals surface area contributed by atoms with E-state index >= 15 is 0 Å². The zero-order valence-corrected chi connectivity index (χ0v) is 16.7. The molecule has 154 valence electrons. The molecule has 2 fully saturated rings. The van der Waals surface area contributed by atoms with Gasteiger partial charge in [-0.05, 0) is 49.9 Å². The molecule has 1 aliphatic carbocycles. The molecule has 4 rings (SSSR count). The summed E-state index contributed by atoms with van der Waals surface area (Å²) in [5.74, 6) is 0.158. The number of ether oxygens (including phenoxy) is 1. The predicted octanol–water partition coefficient (Wildman–Crippen LogP) is 3.92. The molecular formula is C20H21F2N3O3S. The van der Waals surface area contributed by atoms with Crippen LogP contribution >= 0.6 is 11.3 Å². The van der Waals surface area contributed by atoms with Gasteiger partial charge in [0.1, 0.15) is 5.75 Å². The fourth-order valence-corrected chi connectivity index (χ4v) is 4.29. The van der Waals surface area contributed by atoms with Gasteiger partial charge in [0, 0.05) is 30.0 Å². The van der Waals surface area contributed by atoms with Crippen LogP contribution < -0.4 is 10.1 Å². The molecule has 2 aliphatic rings. The summed E-state index contributed by atoms with van der Waals surface area (Å²) in [5.41, 5.74) is 1.42. The third-order valence-electron chi connectivity index (χ3n) is 5.14. The third kappa shape index (κ3) is 4.72. The molecule has 1 aliphatic heterocycles. The van der Waals surface area contributed by atoms with Crippen molar-refractivity contribution in [2.75, 3.05) is 18.4 Å². The number of anilines is 1. The van der Waals surface area contributed by atoms with Crippen molar-refractivity contribution in [3.63, 3.8) is 0 Å². The maximum absolute atomic E-state index is 12.6. The summed E-state index contributed by atoms with van der Waals surface area (Å²) in [4.78, 5) is 31.9. The Morgan fingerprint density at radius 2 is 2.07 bits per heavy atom. The number of carbonyl (C=O) groups is 2. The first-order valence-corrected chi connectivity index (χ1v) is 10.3. The molecule has 0 bridgehead atoms. The molecule has 1 saturated heterocycles. The molecule has 29 heavy (non-hydrogen) atoms. The number of nitrogens with one attached hydrogen (secondary N) is 1. The largest absolute Gasteiger partial charge is 0.435 e. The number of likely N-dealkylation sites (tertiary alicyclic amines) is 1. The van der Waals surface area contributed by atoms with Gasteiger partial charge in [0.25, 0.3) is 0 Å². The number of nitrogens with zero attached hydrogens (tertiary/aromatic N) is 2. The molecule has 1 saturated carbocycles. The molecular weight excluding hydrogens is 400 g/mol. The summed E-state index contributed by atoms with van der Waals surface area (Å²) in [6.45, 7) is 0.229. The second-order valence-electron chi connectivity index (χ2n) is 7.46. The standard InChI is InChI=1S/C20H21F2N3O3S/c1-11-17(13-4-6-15(7-5-13)28-19(21)22)23-20(29-11)24-18(27)14-8-16(26)25(10-14)9-12-2-3-12/h4-7,12,14,19H,2-3,8-10H2,1H3,(H,23,24,27). The van der Waals surface area contributed by atoms with Crippen LogP contribution in [0.3, 0.4) is 0 Å². The molecule has 2 amide bonds. The number of benzene rings is 1. The van der Waals surface area contributed by atoms with Gasteiger partial charge in [0.2, 0.25) is 11.8 Å². The highest BCUT2D eigenvalue weighted by Gasteiger charge is 2.37. The van der Waals surface area contributed by atoms with E-state index in [2.05, 4.69) is 15.0 Å². The quantitative estimate of drug-likeness (QED) is 0.736. The molecule has 0 radical (unpaired) electrons. The summed E-state index contributed by atoms with van der Waals surface area (Å²) in [5, 5.41) is 3.29. The van der Waals surface area contributed by atoms with Crippen LogP contribution in [0.2, 0.25) is 0 Å². The summed E-state index contributed by atoms with van der Waals surface area (Å²) < 4.78 is 28.9. The van der Waals surface area contributed by atoms with Crippen molar-refractivity contribution in [3.05, 3.63) is 29.1 Å². The molecule has 1 aromatic heterocycles. The second-order valence-corrected chi connectivity index (χ2v) is 8.66. The number of carbonyl (C=O) groups excluding carboxylic acids is 2. The Kier molecular flexibility index (Phi) is 5.49. The topological polar surface area (TPSA) is 71.5 Å². The molecule has 2 aromatic rings. The Labute approximate surface area is 170 Å². The van der Waals surface area contributed by atoms with Gasteiger partial charge in [-0.15, -0.1) is 11.3 Å². The number of amides is 2. The van der Waals surface area contributed by atoms with Crippen molar-refractivity contribution in [1.29, 1.82) is 0 Å². The number of aromatic nitrogens is 1. The fourth-order valence-electron chi connectivity index (χ4n) is 3.46. The van der Waals surface area contributed by atoms with Gasteiger partial charge >= 0.3 is 6.61 Å². The number of hydrogen-bond acceptors (Lipinski definition) is 5. The average Bonchev–Trinajstić information content (AvgIpc) is 3.30. The lowest BCUT2D eigenvalue weighted by Gasteiger charge is -2.15. The Balaban J connectivity index is 1.40. The molecule has 6 nitrogen and oxygen atoms in total. The summed E-state index contributed by atoms with van der Waals surface area (Å²) in [7, 11) is 0. The number of aryl methyl sites for hydroxylation is 1. The number of alkyl halides is 2. The van der Waals surface area contributed by atoms with Gasteiger partial charge in [-0.3, -0.25) is 9.59 Å². The van der Waals surface area contributed by atoms with E-state index < -0.39 is 6.61 Å². The minimum absolute atomic E-state index is 0.0409. The molecule has 1 atom stereocenters. The van der Waals surface area contributed by atoms with E-state index in [1.165, 1.54) is 23.5 Å². The van der Waals surface area contributed by atoms with Gasteiger partial charge in [0.15, 0.2) is 5.13 Å². The van der Waals surface area contributed by atoms with Crippen molar-refractivity contribution < 1.29 is 23.1 Å². The SMILES string of the molecule is Cc1sc(NC(=O)C2CC(=O)N(CC3CC3)C2)nc1-c1ccc(OC(F)F)cc1. The summed E-state index contributed by atoms with van der Waals surface area (Å²) in [6.07, 6.45) is 2.56. The average molecular weight is 421 g/mol. The monoisotopic (exact) mass is 421 g/mol. The fraction of sp³-hybridized carbons (Fsp3) is 0.450. The van der Waals surface area contributed by atoms with Crippen LogP contribution in [0.1, 0.15) is 24.1 Å². The van der Waals surface area contributed by atoms with Crippen LogP contribution in [0, 0.1) is 18.8 Å². The van der Waals surface area contributed by atoms with E-state index in [0.29, 0.717) is 23.3 Å². The number of hydrogen-bond donors (Lipinski definition) is 1. The first-order chi connectivity index (χ1) is 13.9. The van der Waals surface area contributed by atoms with E-state index in [4.69, 9.17) is 0 Å². The Morgan fingerprint density at radius 1 is 1.34 bits per heavy atom. The maximum atomic E-state index is 12.6. The highest BCUT2D eigenvalue weighted by Crippen LogP contribution is 2.34. The van der Waals surface area contributed by atoms with E-state index in [1.807, 2.05) is 6.92 Å². The van der Waals surface area contributed by atoms with Crippen molar-refractivity contribution in [3.8, 4) is 17.0 Å². The first-order valence-electron chi connectivity index (χ1n) is 9.50. The van der Waals surface area contributed by atoms with Crippen LogP contribution in [0.25, 0.3) is 11.3 Å². The lowest BCUT2D eigenvalue weighted by Crippen LogP contribution is -2.29. The lowest BCUT2D eigenvalue weighted by atomic mass is 10.1. The van der Waals surface area contributed by atoms with Crippen molar-refractivity contribution in [1.82, 2.24) is 9.88 Å². The highest BCUT2D eigenvalue weighted by molar-refractivity contribution is 7.16. The van der Waals surface area contributed by atoms with Gasteiger partial charge in [0.05, 0.1) is 11.6 Å². The molecule has 1 unspecified atom stereocenters. The van der Waals surface area contributed by atoms with E-state index in [1.54, 1.807) is 17.0 Å². The molecule has 9 heteroatoms. The van der Waals surface area contributed by atoms with Gasteiger partial charge < -0.3 is 15.0 Å². The van der Waals surface area contributed by atoms with Crippen LogP contribution in [0.4, 0.5) is 13.9 Å². The van der Waals surface area contributed by atoms with Crippen molar-refractivity contribution in [2.24, 2.45) is 11.8 Å². The Hall–Kier alpha value is -2.55. The minimum Gasteiger partial charge on any atom is -0.435 e. The maximum Gasteiger partial charge on any atom is 0.387 e. The van der Waals surface area contributed by atoms with Gasteiger partial charge in [-0.1, -0.05) is 0 Å². The molecule has 2 heterocycles.